The Morgan fingerprint density at radius 3 is 1.50 bits per heavy atom. The van der Waals surface area contributed by atoms with Crippen LogP contribution in [0, 0.1) is 17.8 Å². The van der Waals surface area contributed by atoms with Crippen molar-refractivity contribution in [3.8, 4) is 11.1 Å². The smallest absolute Gasteiger partial charge is 0.251 e. The lowest BCUT2D eigenvalue weighted by molar-refractivity contribution is -0.151. The van der Waals surface area contributed by atoms with Crippen LogP contribution in [0.3, 0.4) is 0 Å². The van der Waals surface area contributed by atoms with Crippen LogP contribution >= 0.6 is 0 Å². The molecular weight excluding hydrogens is 1120 g/mol. The number of carbonyl (C=O) groups is 8. The number of likely N-dealkylation sites (N-methyl/N-ethyl adjacent to an activating group) is 1. The van der Waals surface area contributed by atoms with Crippen molar-refractivity contribution in [3.05, 3.63) is 131 Å². The number of amides is 8. The van der Waals surface area contributed by atoms with E-state index in [-0.39, 0.29) is 79.6 Å². The first kappa shape index (κ1) is 66.4. The Kier molecular flexibility index (Phi) is 24.6. The highest BCUT2D eigenvalue weighted by molar-refractivity contribution is 5.98. The molecule has 4 aromatic carbocycles. The predicted octanol–water partition coefficient (Wildman–Crippen LogP) is 4.23. The van der Waals surface area contributed by atoms with Gasteiger partial charge in [-0.2, -0.15) is 0 Å². The molecule has 4 fully saturated rings. The second-order valence-electron chi connectivity index (χ2n) is 23.6. The number of nitrogens with zero attached hydrogens (tertiary/aromatic N) is 4. The van der Waals surface area contributed by atoms with Crippen molar-refractivity contribution in [2.45, 2.75) is 115 Å². The molecule has 4 aliphatic rings. The van der Waals surface area contributed by atoms with Crippen molar-refractivity contribution < 1.29 is 57.3 Å². The summed E-state index contributed by atoms with van der Waals surface area (Å²) in [6, 6.07) is 30.6. The Bertz CT molecular complexity index is 2960. The van der Waals surface area contributed by atoms with Gasteiger partial charge < -0.3 is 65.1 Å². The minimum absolute atomic E-state index is 0.132. The summed E-state index contributed by atoms with van der Waals surface area (Å²) in [5, 5.41) is 14.7. The number of hydrogen-bond donors (Lipinski definition) is 5. The highest BCUT2D eigenvalue weighted by Crippen LogP contribution is 2.31. The molecule has 7 atom stereocenters. The molecule has 0 bridgehead atoms. The summed E-state index contributed by atoms with van der Waals surface area (Å²) < 4.78 is 23.1. The highest BCUT2D eigenvalue weighted by atomic mass is 16.5. The van der Waals surface area contributed by atoms with E-state index < -0.39 is 54.2 Å². The van der Waals surface area contributed by atoms with Gasteiger partial charge in [0.2, 0.25) is 35.4 Å². The van der Waals surface area contributed by atoms with Crippen LogP contribution in [0.25, 0.3) is 11.1 Å². The molecular formula is C67H89N9O12. The monoisotopic (exact) mass is 1210 g/mol. The Balaban J connectivity index is 0.903. The predicted molar refractivity (Wildman–Crippen MR) is 331 cm³/mol. The molecule has 21 nitrogen and oxygen atoms in total. The number of rotatable bonds is 27. The number of methoxy groups -OCH3 is 2. The number of benzene rings is 4. The first-order valence-electron chi connectivity index (χ1n) is 31.1. The molecule has 88 heavy (non-hydrogen) atoms. The van der Waals surface area contributed by atoms with Gasteiger partial charge >= 0.3 is 0 Å². The zero-order valence-electron chi connectivity index (χ0n) is 51.8. The van der Waals surface area contributed by atoms with Gasteiger partial charge in [0, 0.05) is 90.4 Å². The third-order valence-corrected chi connectivity index (χ3v) is 17.7. The maximum atomic E-state index is 14.7. The third kappa shape index (κ3) is 17.4. The molecule has 21 heteroatoms. The molecule has 8 rings (SSSR count). The molecule has 0 spiro atoms. The number of nitrogens with one attached hydrogen (secondary N) is 5. The molecule has 0 radical (unpaired) electrons. The Morgan fingerprint density at radius 1 is 0.557 bits per heavy atom. The van der Waals surface area contributed by atoms with Crippen molar-refractivity contribution in [2.75, 3.05) is 93.5 Å². The number of likely N-dealkylation sites (tertiary alicyclic amines) is 2. The summed E-state index contributed by atoms with van der Waals surface area (Å²) in [5.41, 5.74) is 4.17. The van der Waals surface area contributed by atoms with Crippen LogP contribution in [0.1, 0.15) is 91.1 Å². The second-order valence-corrected chi connectivity index (χ2v) is 23.6. The SMILES string of the molecule is CN[C@@H](C)C(=O)N[C@H](C(=O)N1CC[C@H](OC)[C@H]1CN(CCc1ccccc1)C(=O)CNC(=O)c1ccc(-c2ccc(C(=O)NCC(=O)N(CCc3ccccc3)C3[C@@H](OC)CCN3C(=O)[C@@H](NC(=O)C(C)C)C3CCOCC3)cc2)cc1)C1CCOCC1. The van der Waals surface area contributed by atoms with E-state index in [2.05, 4.69) is 26.6 Å². The molecule has 8 amide bonds. The lowest BCUT2D eigenvalue weighted by Gasteiger charge is -2.40. The topological polar surface area (TPSA) is 247 Å². The lowest BCUT2D eigenvalue weighted by atomic mass is 9.90. The van der Waals surface area contributed by atoms with Gasteiger partial charge in [-0.3, -0.25) is 38.4 Å². The van der Waals surface area contributed by atoms with E-state index in [1.165, 1.54) is 0 Å². The molecule has 4 saturated heterocycles. The Morgan fingerprint density at radius 2 is 1.01 bits per heavy atom. The van der Waals surface area contributed by atoms with Crippen LogP contribution in [-0.2, 0) is 60.6 Å². The van der Waals surface area contributed by atoms with Crippen LogP contribution in [0.5, 0.6) is 0 Å². The van der Waals surface area contributed by atoms with Gasteiger partial charge in [-0.1, -0.05) is 98.8 Å². The zero-order chi connectivity index (χ0) is 62.7. The fourth-order valence-electron chi connectivity index (χ4n) is 12.2. The fraction of sp³-hybridized carbons (Fsp3) is 0.522. The van der Waals surface area contributed by atoms with Crippen molar-refractivity contribution in [3.63, 3.8) is 0 Å². The van der Waals surface area contributed by atoms with Gasteiger partial charge in [0.05, 0.1) is 37.4 Å². The van der Waals surface area contributed by atoms with Gasteiger partial charge in [-0.05, 0) is 124 Å². The fourth-order valence-corrected chi connectivity index (χ4v) is 12.2. The third-order valence-electron chi connectivity index (χ3n) is 17.7. The number of hydrogen-bond acceptors (Lipinski definition) is 13. The zero-order valence-corrected chi connectivity index (χ0v) is 51.8. The summed E-state index contributed by atoms with van der Waals surface area (Å²) in [4.78, 5) is 119. The van der Waals surface area contributed by atoms with E-state index >= 15 is 0 Å². The van der Waals surface area contributed by atoms with E-state index in [9.17, 15) is 38.4 Å². The standard InChI is InChI=1S/C67H89N9O12/c1-44(2)61(79)71-60(51-31-39-88-40-32-51)67(84)76-36-28-56(86-6)65(76)75(34-26-47-15-11-8-12-16-47)58(78)42-70-64(82)53-23-19-49(20-24-53)48-17-21-52(22-18-48)63(81)69-41-57(77)73(33-25-46-13-9-7-10-14-46)43-54-55(85-5)27-35-74(54)66(83)59(50-29-37-87-38-30-50)72-62(80)45(3)68-4/h7-24,44-45,50-51,54-56,59-60,65,68H,25-43H2,1-6H3,(H,69,81)(H,70,82)(H,71,79)(H,72,80)/t45-,54+,55-,56-,59-,60-,65?/m0/s1. The molecule has 4 heterocycles. The van der Waals surface area contributed by atoms with E-state index in [0.29, 0.717) is 109 Å². The number of ether oxygens (including phenoxy) is 4. The average Bonchev–Trinajstić information content (AvgIpc) is 4.43. The molecule has 4 aliphatic heterocycles. The average molecular weight is 1210 g/mol. The first-order valence-corrected chi connectivity index (χ1v) is 31.1. The van der Waals surface area contributed by atoms with E-state index in [0.717, 1.165) is 22.3 Å². The maximum absolute atomic E-state index is 14.7. The van der Waals surface area contributed by atoms with Crippen LogP contribution in [-0.4, -0.2) is 203 Å². The van der Waals surface area contributed by atoms with E-state index in [1.807, 2.05) is 60.7 Å². The van der Waals surface area contributed by atoms with Gasteiger partial charge in [0.15, 0.2) is 0 Å². The van der Waals surface area contributed by atoms with Crippen LogP contribution < -0.4 is 26.6 Å². The summed E-state index contributed by atoms with van der Waals surface area (Å²) >= 11 is 0. The number of carbonyl (C=O) groups excluding carboxylic acids is 8. The van der Waals surface area contributed by atoms with Gasteiger partial charge in [-0.15, -0.1) is 0 Å². The van der Waals surface area contributed by atoms with Crippen LogP contribution in [0.4, 0.5) is 0 Å². The molecule has 0 aliphatic carbocycles. The highest BCUT2D eigenvalue weighted by Gasteiger charge is 2.47. The van der Waals surface area contributed by atoms with Crippen molar-refractivity contribution >= 4 is 47.3 Å². The van der Waals surface area contributed by atoms with Crippen LogP contribution in [0.2, 0.25) is 0 Å². The minimum Gasteiger partial charge on any atom is -0.381 e. The Labute approximate surface area is 517 Å². The van der Waals surface area contributed by atoms with Crippen molar-refractivity contribution in [1.29, 1.82) is 0 Å². The van der Waals surface area contributed by atoms with Gasteiger partial charge in [0.1, 0.15) is 18.2 Å². The molecule has 1 unspecified atom stereocenters. The Hall–Kier alpha value is -7.56. The van der Waals surface area contributed by atoms with Gasteiger partial charge in [-0.25, -0.2) is 0 Å². The summed E-state index contributed by atoms with van der Waals surface area (Å²) in [5.74, 6) is -3.32. The maximum Gasteiger partial charge on any atom is 0.251 e. The quantitative estimate of drug-likeness (QED) is 0.0562. The van der Waals surface area contributed by atoms with Crippen LogP contribution in [0.15, 0.2) is 109 Å². The summed E-state index contributed by atoms with van der Waals surface area (Å²) in [6.07, 6.45) is 2.75. The summed E-state index contributed by atoms with van der Waals surface area (Å²) in [7, 11) is 4.85. The normalized spacial score (nSPS) is 19.9. The van der Waals surface area contributed by atoms with E-state index in [1.54, 1.807) is 110 Å². The molecule has 4 aromatic rings. The summed E-state index contributed by atoms with van der Waals surface area (Å²) in [6.45, 7) is 7.95. The first-order chi connectivity index (χ1) is 42.6. The molecule has 0 aromatic heterocycles. The lowest BCUT2D eigenvalue weighted by Crippen LogP contribution is -2.61. The van der Waals surface area contributed by atoms with Crippen molar-refractivity contribution in [1.82, 2.24) is 46.2 Å². The van der Waals surface area contributed by atoms with E-state index in [4.69, 9.17) is 18.9 Å². The second kappa shape index (κ2) is 32.6. The molecule has 5 N–H and O–H groups in total. The minimum atomic E-state index is -0.815. The van der Waals surface area contributed by atoms with Gasteiger partial charge in [0.25, 0.3) is 11.8 Å². The molecule has 474 valence electrons. The van der Waals surface area contributed by atoms with Crippen molar-refractivity contribution in [2.24, 2.45) is 17.8 Å². The largest absolute Gasteiger partial charge is 0.381 e. The molecule has 0 saturated carbocycles.